The van der Waals surface area contributed by atoms with Gasteiger partial charge in [-0.3, -0.25) is 4.98 Å². The molecule has 0 N–H and O–H groups in total. The highest BCUT2D eigenvalue weighted by atomic mass is 127. The highest BCUT2D eigenvalue weighted by Crippen LogP contribution is 2.31. The molecule has 3 nitrogen and oxygen atoms in total. The summed E-state index contributed by atoms with van der Waals surface area (Å²) in [7, 11) is 0. The maximum atomic E-state index is 6.20. The van der Waals surface area contributed by atoms with Gasteiger partial charge in [0.15, 0.2) is 5.82 Å². The Bertz CT molecular complexity index is 798. The number of fused-ring (bicyclic) bond motifs is 1. The van der Waals surface area contributed by atoms with Crippen molar-refractivity contribution in [1.82, 2.24) is 15.0 Å². The maximum Gasteiger partial charge on any atom is 0.163 e. The third kappa shape index (κ3) is 2.36. The van der Waals surface area contributed by atoms with Gasteiger partial charge in [0.1, 0.15) is 5.15 Å². The van der Waals surface area contributed by atoms with Crippen molar-refractivity contribution < 1.29 is 0 Å². The molecule has 0 atom stereocenters. The van der Waals surface area contributed by atoms with Gasteiger partial charge in [0.2, 0.25) is 0 Å². The summed E-state index contributed by atoms with van der Waals surface area (Å²) < 4.78 is 0.860. The van der Waals surface area contributed by atoms with E-state index in [4.69, 9.17) is 23.2 Å². The summed E-state index contributed by atoms with van der Waals surface area (Å²) in [6.07, 6.45) is 1.73. The summed E-state index contributed by atoms with van der Waals surface area (Å²) in [4.78, 5) is 13.2. The minimum absolute atomic E-state index is 0.451. The number of hydrogen-bond donors (Lipinski definition) is 0. The number of aryl methyl sites for hydroxylation is 1. The number of aromatic nitrogens is 3. The Morgan fingerprint density at radius 2 is 1.90 bits per heavy atom. The number of hydrogen-bond acceptors (Lipinski definition) is 3. The molecule has 0 spiro atoms. The molecule has 6 heteroatoms. The summed E-state index contributed by atoms with van der Waals surface area (Å²) in [5, 5.41) is 1.99. The first-order valence-electron chi connectivity index (χ1n) is 5.81. The highest BCUT2D eigenvalue weighted by Gasteiger charge is 2.13. The van der Waals surface area contributed by atoms with Crippen molar-refractivity contribution in [3.05, 3.63) is 49.9 Å². The second-order valence-corrected chi connectivity index (χ2v) is 6.08. The minimum Gasteiger partial charge on any atom is -0.255 e. The van der Waals surface area contributed by atoms with E-state index in [2.05, 4.69) is 37.5 Å². The highest BCUT2D eigenvalue weighted by molar-refractivity contribution is 14.1. The molecule has 3 aromatic rings. The molecule has 0 saturated heterocycles. The molecule has 0 radical (unpaired) electrons. The van der Waals surface area contributed by atoms with Crippen molar-refractivity contribution in [3.63, 3.8) is 0 Å². The van der Waals surface area contributed by atoms with E-state index in [1.165, 1.54) is 0 Å². The van der Waals surface area contributed by atoms with Crippen LogP contribution in [0.15, 0.2) is 30.5 Å². The lowest BCUT2D eigenvalue weighted by molar-refractivity contribution is 1.09. The average Bonchev–Trinajstić information content (AvgIpc) is 2.45. The number of benzene rings is 1. The van der Waals surface area contributed by atoms with Crippen LogP contribution in [-0.4, -0.2) is 15.0 Å². The molecule has 100 valence electrons. The Balaban J connectivity index is 2.33. The van der Waals surface area contributed by atoms with Crippen molar-refractivity contribution in [2.24, 2.45) is 0 Å². The number of rotatable bonds is 1. The monoisotopic (exact) mass is 415 g/mol. The molecule has 1 aromatic carbocycles. The quantitative estimate of drug-likeness (QED) is 0.418. The van der Waals surface area contributed by atoms with Crippen LogP contribution in [0.1, 0.15) is 5.69 Å². The normalized spacial score (nSPS) is 11.0. The van der Waals surface area contributed by atoms with Gasteiger partial charge in [-0.1, -0.05) is 23.2 Å². The number of pyridine rings is 1. The summed E-state index contributed by atoms with van der Waals surface area (Å²) >= 11 is 14.5. The average molecular weight is 416 g/mol. The fourth-order valence-electron chi connectivity index (χ4n) is 1.96. The first kappa shape index (κ1) is 14.0. The predicted molar refractivity (Wildman–Crippen MR) is 90.2 cm³/mol. The molecular formula is C14H8Cl2IN3. The first-order valence-corrected chi connectivity index (χ1v) is 7.64. The van der Waals surface area contributed by atoms with Crippen molar-refractivity contribution in [1.29, 1.82) is 0 Å². The molecule has 3 rings (SSSR count). The largest absolute Gasteiger partial charge is 0.255 e. The van der Waals surface area contributed by atoms with Crippen LogP contribution in [0.2, 0.25) is 10.2 Å². The number of halogens is 3. The maximum absolute atomic E-state index is 6.20. The van der Waals surface area contributed by atoms with Crippen LogP contribution in [0, 0.1) is 10.5 Å². The van der Waals surface area contributed by atoms with Crippen LogP contribution in [-0.2, 0) is 0 Å². The molecular weight excluding hydrogens is 408 g/mol. The zero-order valence-electron chi connectivity index (χ0n) is 10.4. The van der Waals surface area contributed by atoms with Crippen LogP contribution < -0.4 is 0 Å². The van der Waals surface area contributed by atoms with Crippen LogP contribution in [0.4, 0.5) is 0 Å². The van der Waals surface area contributed by atoms with Crippen LogP contribution in [0.5, 0.6) is 0 Å². The molecule has 0 aliphatic carbocycles. The summed E-state index contributed by atoms with van der Waals surface area (Å²) in [6, 6.07) is 7.47. The Labute approximate surface area is 139 Å². The lowest BCUT2D eigenvalue weighted by Gasteiger charge is -2.08. The molecule has 2 heterocycles. The minimum atomic E-state index is 0.451. The van der Waals surface area contributed by atoms with Crippen molar-refractivity contribution in [2.75, 3.05) is 0 Å². The van der Waals surface area contributed by atoms with Gasteiger partial charge in [-0.15, -0.1) is 0 Å². The molecule has 2 aromatic heterocycles. The van der Waals surface area contributed by atoms with Crippen molar-refractivity contribution >= 4 is 56.7 Å². The molecule has 20 heavy (non-hydrogen) atoms. The lowest BCUT2D eigenvalue weighted by Crippen LogP contribution is -1.97. The Kier molecular flexibility index (Phi) is 3.79. The summed E-state index contributed by atoms with van der Waals surface area (Å²) in [6.45, 7) is 1.91. The van der Waals surface area contributed by atoms with Gasteiger partial charge < -0.3 is 0 Å². The van der Waals surface area contributed by atoms with Crippen molar-refractivity contribution in [2.45, 2.75) is 6.92 Å². The van der Waals surface area contributed by atoms with E-state index in [0.717, 1.165) is 25.7 Å². The van der Waals surface area contributed by atoms with Gasteiger partial charge in [-0.2, -0.15) is 0 Å². The lowest BCUT2D eigenvalue weighted by atomic mass is 10.1. The van der Waals surface area contributed by atoms with E-state index in [9.17, 15) is 0 Å². The van der Waals surface area contributed by atoms with Gasteiger partial charge in [-0.05, 0) is 53.8 Å². The van der Waals surface area contributed by atoms with Crippen LogP contribution in [0.25, 0.3) is 22.3 Å². The van der Waals surface area contributed by atoms with E-state index in [0.29, 0.717) is 16.0 Å². The summed E-state index contributed by atoms with van der Waals surface area (Å²) in [5.74, 6) is 0.563. The van der Waals surface area contributed by atoms with Gasteiger partial charge in [-0.25, -0.2) is 9.97 Å². The van der Waals surface area contributed by atoms with Gasteiger partial charge in [0.05, 0.1) is 19.8 Å². The molecule has 0 unspecified atom stereocenters. The van der Waals surface area contributed by atoms with Gasteiger partial charge >= 0.3 is 0 Å². The third-order valence-corrected chi connectivity index (χ3v) is 5.15. The fourth-order valence-corrected chi connectivity index (χ4v) is 2.64. The third-order valence-electron chi connectivity index (χ3n) is 2.93. The van der Waals surface area contributed by atoms with Crippen LogP contribution in [0.3, 0.4) is 0 Å². The van der Waals surface area contributed by atoms with Crippen LogP contribution >= 0.6 is 45.8 Å². The van der Waals surface area contributed by atoms with E-state index in [1.54, 1.807) is 6.20 Å². The molecule has 0 bridgehead atoms. The van der Waals surface area contributed by atoms with Crippen molar-refractivity contribution in [3.8, 4) is 11.4 Å². The van der Waals surface area contributed by atoms with Gasteiger partial charge in [0.25, 0.3) is 0 Å². The Morgan fingerprint density at radius 1 is 1.10 bits per heavy atom. The number of nitrogens with zero attached hydrogens (tertiary/aromatic N) is 3. The predicted octanol–water partition coefficient (Wildman–Crippen LogP) is 4.91. The molecule has 0 saturated carbocycles. The van der Waals surface area contributed by atoms with E-state index >= 15 is 0 Å². The molecule has 0 fully saturated rings. The van der Waals surface area contributed by atoms with E-state index < -0.39 is 0 Å². The first-order chi connectivity index (χ1) is 9.58. The van der Waals surface area contributed by atoms with Gasteiger partial charge in [0, 0.05) is 17.1 Å². The molecule has 0 amide bonds. The molecule has 0 aliphatic rings. The second kappa shape index (κ2) is 5.42. The smallest absolute Gasteiger partial charge is 0.163 e. The standard InChI is InChI=1S/C14H8Cl2IN3/c1-7-11(17)13(16)20-14(19-7)9-4-5-10(15)8-3-2-6-18-12(8)9/h2-6H,1H3. The van der Waals surface area contributed by atoms with E-state index in [1.807, 2.05) is 31.2 Å². The second-order valence-electron chi connectivity index (χ2n) is 4.23. The molecule has 0 aliphatic heterocycles. The SMILES string of the molecule is Cc1nc(-c2ccc(Cl)c3cccnc23)nc(Cl)c1I. The Hall–Kier alpha value is -0.980. The summed E-state index contributed by atoms with van der Waals surface area (Å²) in [5.41, 5.74) is 2.45. The zero-order chi connectivity index (χ0) is 14.3. The zero-order valence-corrected chi connectivity index (χ0v) is 14.0. The van der Waals surface area contributed by atoms with E-state index in [-0.39, 0.29) is 0 Å². The Morgan fingerprint density at radius 3 is 2.65 bits per heavy atom. The topological polar surface area (TPSA) is 38.7 Å². The fraction of sp³-hybridized carbons (Fsp3) is 0.0714.